The summed E-state index contributed by atoms with van der Waals surface area (Å²) < 4.78 is 24.9. The molecule has 0 aliphatic heterocycles. The van der Waals surface area contributed by atoms with Crippen LogP contribution in [0.5, 0.6) is 0 Å². The fourth-order valence-corrected chi connectivity index (χ4v) is 2.92. The van der Waals surface area contributed by atoms with Gasteiger partial charge in [0.15, 0.2) is 0 Å². The Labute approximate surface area is 88.3 Å². The first kappa shape index (κ1) is 12.4. The van der Waals surface area contributed by atoms with Crippen molar-refractivity contribution < 1.29 is 23.4 Å². The van der Waals surface area contributed by atoms with Crippen molar-refractivity contribution in [1.29, 1.82) is 0 Å². The molecule has 1 rings (SSSR count). The summed E-state index contributed by atoms with van der Waals surface area (Å²) in [5, 5.41) is 17.3. The first-order chi connectivity index (χ1) is 6.94. The number of hydrogen-bond donors (Lipinski definition) is 3. The van der Waals surface area contributed by atoms with Crippen molar-refractivity contribution in [2.24, 2.45) is 5.92 Å². The highest BCUT2D eigenvalue weighted by molar-refractivity contribution is 7.89. The van der Waals surface area contributed by atoms with Crippen molar-refractivity contribution in [2.75, 3.05) is 12.4 Å². The summed E-state index contributed by atoms with van der Waals surface area (Å²) in [6.45, 7) is -0.358. The molecule has 0 saturated heterocycles. The van der Waals surface area contributed by atoms with Crippen LogP contribution in [0.15, 0.2) is 0 Å². The standard InChI is InChI=1S/C8H15NO5S/c10-4-3-7(8(11)12)9-15(13,14)5-6-1-2-6/h6-7,9-10H,1-5H2,(H,11,12)/t7-/m1/s1. The number of aliphatic hydroxyl groups is 1. The molecule has 6 nitrogen and oxygen atoms in total. The highest BCUT2D eigenvalue weighted by Gasteiger charge is 2.30. The van der Waals surface area contributed by atoms with Gasteiger partial charge in [0.1, 0.15) is 6.04 Å². The van der Waals surface area contributed by atoms with E-state index in [0.717, 1.165) is 12.8 Å². The fraction of sp³-hybridized carbons (Fsp3) is 0.875. The second kappa shape index (κ2) is 4.91. The monoisotopic (exact) mass is 237 g/mol. The summed E-state index contributed by atoms with van der Waals surface area (Å²) in [7, 11) is -3.53. The highest BCUT2D eigenvalue weighted by Crippen LogP contribution is 2.30. The molecule has 0 amide bonds. The van der Waals surface area contributed by atoms with Crippen LogP contribution in [-0.4, -0.2) is 43.0 Å². The lowest BCUT2D eigenvalue weighted by Gasteiger charge is -2.13. The molecule has 0 aromatic rings. The minimum absolute atomic E-state index is 0.0117. The number of carbonyl (C=O) groups is 1. The minimum atomic E-state index is -3.53. The molecule has 1 fully saturated rings. The Morgan fingerprint density at radius 3 is 2.47 bits per heavy atom. The third-order valence-corrected chi connectivity index (χ3v) is 3.74. The summed E-state index contributed by atoms with van der Waals surface area (Å²) in [5.74, 6) is -1.10. The molecule has 0 heterocycles. The van der Waals surface area contributed by atoms with Crippen LogP contribution in [0.25, 0.3) is 0 Å². The van der Waals surface area contributed by atoms with Crippen LogP contribution >= 0.6 is 0 Å². The summed E-state index contributed by atoms with van der Waals surface area (Å²) >= 11 is 0. The second-order valence-electron chi connectivity index (χ2n) is 3.75. The van der Waals surface area contributed by atoms with Gasteiger partial charge >= 0.3 is 5.97 Å². The third-order valence-electron chi connectivity index (χ3n) is 2.19. The molecule has 15 heavy (non-hydrogen) atoms. The zero-order chi connectivity index (χ0) is 11.5. The van der Waals surface area contributed by atoms with Gasteiger partial charge in [-0.1, -0.05) is 0 Å². The van der Waals surface area contributed by atoms with Crippen LogP contribution < -0.4 is 4.72 Å². The molecule has 7 heteroatoms. The van der Waals surface area contributed by atoms with Crippen LogP contribution in [0, 0.1) is 5.92 Å². The molecular weight excluding hydrogens is 222 g/mol. The average molecular weight is 237 g/mol. The van der Waals surface area contributed by atoms with Gasteiger partial charge in [-0.25, -0.2) is 13.1 Å². The number of hydrogen-bond acceptors (Lipinski definition) is 4. The molecule has 0 unspecified atom stereocenters. The molecule has 1 atom stereocenters. The van der Waals surface area contributed by atoms with Crippen LogP contribution in [0.2, 0.25) is 0 Å². The van der Waals surface area contributed by atoms with E-state index in [4.69, 9.17) is 10.2 Å². The van der Waals surface area contributed by atoms with E-state index in [1.54, 1.807) is 0 Å². The number of aliphatic hydroxyl groups excluding tert-OH is 1. The van der Waals surface area contributed by atoms with Crippen molar-refractivity contribution >= 4 is 16.0 Å². The first-order valence-electron chi connectivity index (χ1n) is 4.78. The van der Waals surface area contributed by atoms with E-state index in [1.165, 1.54) is 0 Å². The van der Waals surface area contributed by atoms with E-state index in [9.17, 15) is 13.2 Å². The number of carboxylic acid groups (broad SMARTS) is 1. The Morgan fingerprint density at radius 2 is 2.07 bits per heavy atom. The van der Waals surface area contributed by atoms with Crippen molar-refractivity contribution in [1.82, 2.24) is 4.72 Å². The van der Waals surface area contributed by atoms with Crippen molar-refractivity contribution in [3.63, 3.8) is 0 Å². The van der Waals surface area contributed by atoms with Gasteiger partial charge in [-0.05, 0) is 25.2 Å². The zero-order valence-electron chi connectivity index (χ0n) is 8.22. The topological polar surface area (TPSA) is 104 Å². The molecule has 0 aromatic carbocycles. The van der Waals surface area contributed by atoms with E-state index in [0.29, 0.717) is 0 Å². The quantitative estimate of drug-likeness (QED) is 0.535. The van der Waals surface area contributed by atoms with Crippen LogP contribution in [0.3, 0.4) is 0 Å². The summed E-state index contributed by atoms with van der Waals surface area (Å²) in [5.41, 5.74) is 0. The molecule has 0 radical (unpaired) electrons. The molecular formula is C8H15NO5S. The molecule has 0 bridgehead atoms. The minimum Gasteiger partial charge on any atom is -0.480 e. The maximum atomic E-state index is 11.4. The van der Waals surface area contributed by atoms with Crippen molar-refractivity contribution in [2.45, 2.75) is 25.3 Å². The average Bonchev–Trinajstić information content (AvgIpc) is 2.86. The van der Waals surface area contributed by atoms with E-state index in [-0.39, 0.29) is 24.7 Å². The van der Waals surface area contributed by atoms with E-state index in [1.807, 2.05) is 0 Å². The first-order valence-corrected chi connectivity index (χ1v) is 6.43. The molecule has 88 valence electrons. The van der Waals surface area contributed by atoms with Gasteiger partial charge in [-0.15, -0.1) is 0 Å². The number of nitrogens with one attached hydrogen (secondary N) is 1. The predicted octanol–water partition coefficient (Wildman–Crippen LogP) is -0.849. The Balaban J connectivity index is 2.51. The van der Waals surface area contributed by atoms with E-state index < -0.39 is 22.0 Å². The summed E-state index contributed by atoms with van der Waals surface area (Å²) in [6, 6.07) is -1.22. The van der Waals surface area contributed by atoms with Gasteiger partial charge in [0.2, 0.25) is 10.0 Å². The van der Waals surface area contributed by atoms with Gasteiger partial charge < -0.3 is 10.2 Å². The second-order valence-corrected chi connectivity index (χ2v) is 5.54. The Bertz CT molecular complexity index is 322. The van der Waals surface area contributed by atoms with E-state index >= 15 is 0 Å². The summed E-state index contributed by atoms with van der Waals surface area (Å²) in [4.78, 5) is 10.6. The molecule has 1 aliphatic carbocycles. The SMILES string of the molecule is O=C(O)[C@@H](CCO)NS(=O)(=O)CC1CC1. The zero-order valence-corrected chi connectivity index (χ0v) is 9.03. The lowest BCUT2D eigenvalue weighted by atomic mass is 10.2. The Kier molecular flexibility index (Phi) is 4.06. The molecule has 1 saturated carbocycles. The van der Waals surface area contributed by atoms with Crippen molar-refractivity contribution in [3.8, 4) is 0 Å². The Hall–Kier alpha value is -0.660. The maximum Gasteiger partial charge on any atom is 0.321 e. The number of sulfonamides is 1. The Morgan fingerprint density at radius 1 is 1.47 bits per heavy atom. The van der Waals surface area contributed by atoms with Gasteiger partial charge in [0, 0.05) is 6.61 Å². The van der Waals surface area contributed by atoms with Gasteiger partial charge in [0.05, 0.1) is 5.75 Å². The highest BCUT2D eigenvalue weighted by atomic mass is 32.2. The largest absolute Gasteiger partial charge is 0.480 e. The predicted molar refractivity (Wildman–Crippen MR) is 52.8 cm³/mol. The van der Waals surface area contributed by atoms with Gasteiger partial charge in [-0.2, -0.15) is 0 Å². The maximum absolute atomic E-state index is 11.4. The summed E-state index contributed by atoms with van der Waals surface area (Å²) in [6.07, 6.45) is 1.66. The molecule has 0 spiro atoms. The lowest BCUT2D eigenvalue weighted by Crippen LogP contribution is -2.42. The fourth-order valence-electron chi connectivity index (χ4n) is 1.22. The molecule has 3 N–H and O–H groups in total. The lowest BCUT2D eigenvalue weighted by molar-refractivity contribution is -0.139. The third kappa shape index (κ3) is 4.59. The smallest absolute Gasteiger partial charge is 0.321 e. The van der Waals surface area contributed by atoms with Crippen LogP contribution in [0.1, 0.15) is 19.3 Å². The number of aliphatic carboxylic acids is 1. The van der Waals surface area contributed by atoms with Gasteiger partial charge in [-0.3, -0.25) is 4.79 Å². The van der Waals surface area contributed by atoms with Gasteiger partial charge in [0.25, 0.3) is 0 Å². The van der Waals surface area contributed by atoms with E-state index in [2.05, 4.69) is 4.72 Å². The van der Waals surface area contributed by atoms with Crippen LogP contribution in [0.4, 0.5) is 0 Å². The van der Waals surface area contributed by atoms with Crippen LogP contribution in [-0.2, 0) is 14.8 Å². The molecule has 0 aromatic heterocycles. The molecule has 1 aliphatic rings. The van der Waals surface area contributed by atoms with Crippen molar-refractivity contribution in [3.05, 3.63) is 0 Å². The number of carboxylic acids is 1. The normalized spacial score (nSPS) is 18.7. The number of rotatable bonds is 7.